The SMILES string of the molecule is CC(C)c1ccc(S(=O)(=O)NC(=O)C(Cc2ccc(C(F)(F)F)cc2)c2ccc3c(c2)OCO3)cc1. The summed E-state index contributed by atoms with van der Waals surface area (Å²) in [5, 5.41) is 0. The number of carbonyl (C=O) groups excluding carboxylic acids is 1. The van der Waals surface area contributed by atoms with Gasteiger partial charge in [0, 0.05) is 0 Å². The number of halogens is 3. The van der Waals surface area contributed by atoms with Crippen molar-refractivity contribution in [3.8, 4) is 11.5 Å². The van der Waals surface area contributed by atoms with E-state index in [1.807, 2.05) is 13.8 Å². The lowest BCUT2D eigenvalue weighted by atomic mass is 9.91. The maximum Gasteiger partial charge on any atom is 0.416 e. The van der Waals surface area contributed by atoms with Crippen LogP contribution in [-0.4, -0.2) is 21.1 Å². The molecule has 3 aromatic rings. The summed E-state index contributed by atoms with van der Waals surface area (Å²) in [4.78, 5) is 13.2. The van der Waals surface area contributed by atoms with E-state index in [0.717, 1.165) is 17.7 Å². The number of amides is 1. The van der Waals surface area contributed by atoms with Gasteiger partial charge in [-0.2, -0.15) is 13.2 Å². The Kier molecular flexibility index (Phi) is 6.99. The maximum atomic E-state index is 13.3. The number of fused-ring (bicyclic) bond motifs is 1. The average molecular weight is 520 g/mol. The van der Waals surface area contributed by atoms with Gasteiger partial charge in [0.25, 0.3) is 10.0 Å². The van der Waals surface area contributed by atoms with Crippen LogP contribution in [0.2, 0.25) is 0 Å². The molecule has 0 fully saturated rings. The predicted octanol–water partition coefficient (Wildman–Crippen LogP) is 5.39. The number of hydrogen-bond donors (Lipinski definition) is 1. The van der Waals surface area contributed by atoms with E-state index in [9.17, 15) is 26.4 Å². The Labute approximate surface area is 207 Å². The van der Waals surface area contributed by atoms with Crippen LogP contribution in [0.25, 0.3) is 0 Å². The van der Waals surface area contributed by atoms with Crippen LogP contribution < -0.4 is 14.2 Å². The predicted molar refractivity (Wildman–Crippen MR) is 126 cm³/mol. The fourth-order valence-electron chi connectivity index (χ4n) is 3.85. The normalized spacial score (nSPS) is 14.1. The van der Waals surface area contributed by atoms with E-state index in [-0.39, 0.29) is 24.0 Å². The van der Waals surface area contributed by atoms with Crippen LogP contribution in [0.4, 0.5) is 13.2 Å². The maximum absolute atomic E-state index is 13.3. The van der Waals surface area contributed by atoms with Crippen LogP contribution in [-0.2, 0) is 27.4 Å². The smallest absolute Gasteiger partial charge is 0.416 e. The number of benzene rings is 3. The van der Waals surface area contributed by atoms with Crippen LogP contribution in [0.15, 0.2) is 71.6 Å². The lowest BCUT2D eigenvalue weighted by Gasteiger charge is -2.19. The molecular formula is C26H24F3NO5S. The first-order chi connectivity index (χ1) is 16.9. The van der Waals surface area contributed by atoms with Gasteiger partial charge in [-0.25, -0.2) is 13.1 Å². The minimum absolute atomic E-state index is 0.00923. The number of rotatable bonds is 7. The number of nitrogens with one attached hydrogen (secondary N) is 1. The third-order valence-electron chi connectivity index (χ3n) is 5.93. The second kappa shape index (κ2) is 9.85. The topological polar surface area (TPSA) is 81.7 Å². The molecule has 1 unspecified atom stereocenters. The van der Waals surface area contributed by atoms with E-state index < -0.39 is 33.6 Å². The van der Waals surface area contributed by atoms with Crippen molar-refractivity contribution in [2.45, 2.75) is 43.2 Å². The number of hydrogen-bond acceptors (Lipinski definition) is 5. The molecule has 190 valence electrons. The molecule has 3 aromatic carbocycles. The molecule has 1 aliphatic heterocycles. The quantitative estimate of drug-likeness (QED) is 0.453. The van der Waals surface area contributed by atoms with Crippen molar-refractivity contribution < 1.29 is 35.9 Å². The molecule has 0 aromatic heterocycles. The first kappa shape index (κ1) is 25.6. The molecule has 1 amide bonds. The lowest BCUT2D eigenvalue weighted by Crippen LogP contribution is -2.35. The second-order valence-electron chi connectivity index (χ2n) is 8.76. The van der Waals surface area contributed by atoms with Crippen molar-refractivity contribution in [1.82, 2.24) is 4.72 Å². The van der Waals surface area contributed by atoms with Gasteiger partial charge in [-0.1, -0.05) is 44.2 Å². The molecule has 1 aliphatic rings. The summed E-state index contributed by atoms with van der Waals surface area (Å²) in [5.41, 5.74) is 0.991. The molecule has 4 rings (SSSR count). The third kappa shape index (κ3) is 5.64. The van der Waals surface area contributed by atoms with Gasteiger partial charge >= 0.3 is 6.18 Å². The first-order valence-corrected chi connectivity index (χ1v) is 12.6. The van der Waals surface area contributed by atoms with Gasteiger partial charge in [-0.3, -0.25) is 4.79 Å². The minimum atomic E-state index is -4.49. The van der Waals surface area contributed by atoms with Gasteiger partial charge in [-0.15, -0.1) is 0 Å². The fraction of sp³-hybridized carbons (Fsp3) is 0.269. The lowest BCUT2D eigenvalue weighted by molar-refractivity contribution is -0.137. The summed E-state index contributed by atoms with van der Waals surface area (Å²) in [6, 6.07) is 15.4. The van der Waals surface area contributed by atoms with Crippen LogP contribution >= 0.6 is 0 Å². The number of ether oxygens (including phenoxy) is 2. The molecule has 1 N–H and O–H groups in total. The molecule has 0 saturated carbocycles. The van der Waals surface area contributed by atoms with Gasteiger partial charge in [0.05, 0.1) is 16.4 Å². The largest absolute Gasteiger partial charge is 0.454 e. The summed E-state index contributed by atoms with van der Waals surface area (Å²) in [5.74, 6) is -0.770. The Bertz CT molecular complexity index is 1350. The third-order valence-corrected chi connectivity index (χ3v) is 7.29. The summed E-state index contributed by atoms with van der Waals surface area (Å²) in [6.07, 6.45) is -4.53. The van der Waals surface area contributed by atoms with E-state index in [0.29, 0.717) is 22.6 Å². The standard InChI is InChI=1S/C26H24F3NO5S/c1-16(2)18-5-10-21(11-6-18)36(32,33)30-25(31)22(19-7-12-23-24(14-19)35-15-34-23)13-17-3-8-20(9-4-17)26(27,28)29/h3-12,14,16,22H,13,15H2,1-2H3,(H,30,31). The van der Waals surface area contributed by atoms with E-state index >= 15 is 0 Å². The minimum Gasteiger partial charge on any atom is -0.454 e. The van der Waals surface area contributed by atoms with Crippen LogP contribution in [0.5, 0.6) is 11.5 Å². The Morgan fingerprint density at radius 2 is 1.53 bits per heavy atom. The fourth-order valence-corrected chi connectivity index (χ4v) is 4.87. The van der Waals surface area contributed by atoms with Gasteiger partial charge < -0.3 is 9.47 Å². The van der Waals surface area contributed by atoms with Gasteiger partial charge in [0.2, 0.25) is 12.7 Å². The second-order valence-corrected chi connectivity index (χ2v) is 10.4. The highest BCUT2D eigenvalue weighted by atomic mass is 32.2. The number of alkyl halides is 3. The molecule has 0 radical (unpaired) electrons. The molecular weight excluding hydrogens is 495 g/mol. The van der Waals surface area contributed by atoms with E-state index in [1.165, 1.54) is 24.3 Å². The Morgan fingerprint density at radius 1 is 0.917 bits per heavy atom. The molecule has 0 aliphatic carbocycles. The van der Waals surface area contributed by atoms with Crippen molar-refractivity contribution in [3.63, 3.8) is 0 Å². The molecule has 10 heteroatoms. The monoisotopic (exact) mass is 519 g/mol. The highest BCUT2D eigenvalue weighted by Gasteiger charge is 2.31. The molecule has 1 atom stereocenters. The number of carbonyl (C=O) groups is 1. The Hall–Kier alpha value is -3.53. The highest BCUT2D eigenvalue weighted by Crippen LogP contribution is 2.36. The van der Waals surface area contributed by atoms with Crippen molar-refractivity contribution in [2.24, 2.45) is 0 Å². The van der Waals surface area contributed by atoms with E-state index in [1.54, 1.807) is 30.3 Å². The molecule has 36 heavy (non-hydrogen) atoms. The summed E-state index contributed by atoms with van der Waals surface area (Å²) >= 11 is 0. The zero-order chi connectivity index (χ0) is 26.1. The van der Waals surface area contributed by atoms with E-state index in [2.05, 4.69) is 4.72 Å². The zero-order valence-electron chi connectivity index (χ0n) is 19.5. The van der Waals surface area contributed by atoms with Crippen LogP contribution in [0.3, 0.4) is 0 Å². The summed E-state index contributed by atoms with van der Waals surface area (Å²) < 4.78 is 77.6. The van der Waals surface area contributed by atoms with Crippen molar-refractivity contribution >= 4 is 15.9 Å². The molecule has 0 bridgehead atoms. The zero-order valence-corrected chi connectivity index (χ0v) is 20.3. The molecule has 1 heterocycles. The van der Waals surface area contributed by atoms with Crippen LogP contribution in [0.1, 0.15) is 47.9 Å². The molecule has 0 spiro atoms. The Morgan fingerprint density at radius 3 is 2.14 bits per heavy atom. The summed E-state index contributed by atoms with van der Waals surface area (Å²) in [6.45, 7) is 3.96. The van der Waals surface area contributed by atoms with Crippen LogP contribution in [0, 0.1) is 0 Å². The molecule has 6 nitrogen and oxygen atoms in total. The van der Waals surface area contributed by atoms with Crippen molar-refractivity contribution in [2.75, 3.05) is 6.79 Å². The van der Waals surface area contributed by atoms with Crippen molar-refractivity contribution in [3.05, 3.63) is 89.0 Å². The Balaban J connectivity index is 1.63. The van der Waals surface area contributed by atoms with Gasteiger partial charge in [0.15, 0.2) is 11.5 Å². The average Bonchev–Trinajstić information content (AvgIpc) is 3.30. The van der Waals surface area contributed by atoms with Gasteiger partial charge in [-0.05, 0) is 65.4 Å². The number of sulfonamides is 1. The highest BCUT2D eigenvalue weighted by molar-refractivity contribution is 7.90. The van der Waals surface area contributed by atoms with Crippen molar-refractivity contribution in [1.29, 1.82) is 0 Å². The molecule has 0 saturated heterocycles. The summed E-state index contributed by atoms with van der Waals surface area (Å²) in [7, 11) is -4.19. The van der Waals surface area contributed by atoms with E-state index in [4.69, 9.17) is 9.47 Å². The van der Waals surface area contributed by atoms with Gasteiger partial charge in [0.1, 0.15) is 0 Å². The first-order valence-electron chi connectivity index (χ1n) is 11.2.